The molecule has 0 aliphatic heterocycles. The van der Waals surface area contributed by atoms with Crippen LogP contribution in [0.25, 0.3) is 0 Å². The maximum absolute atomic E-state index is 13.4. The van der Waals surface area contributed by atoms with Crippen LogP contribution >= 0.6 is 11.6 Å². The average molecular weight is 423 g/mol. The van der Waals surface area contributed by atoms with Gasteiger partial charge in [-0.25, -0.2) is 9.67 Å². The van der Waals surface area contributed by atoms with Crippen LogP contribution in [-0.2, 0) is 10.3 Å². The molecular formula is C20H21ClF2N4O2. The van der Waals surface area contributed by atoms with Gasteiger partial charge in [0.05, 0.1) is 16.0 Å². The van der Waals surface area contributed by atoms with Gasteiger partial charge in [0.15, 0.2) is 0 Å². The normalized spacial score (nSPS) is 32.6. The summed E-state index contributed by atoms with van der Waals surface area (Å²) in [6, 6.07) is 4.33. The molecule has 4 bridgehead atoms. The lowest BCUT2D eigenvalue weighted by atomic mass is 9.46. The van der Waals surface area contributed by atoms with Gasteiger partial charge in [0.1, 0.15) is 18.4 Å². The predicted octanol–water partition coefficient (Wildman–Crippen LogP) is 4.47. The Morgan fingerprint density at radius 2 is 2.03 bits per heavy atom. The molecule has 1 heterocycles. The van der Waals surface area contributed by atoms with Crippen LogP contribution in [0.15, 0.2) is 30.9 Å². The highest BCUT2D eigenvalue weighted by Gasteiger charge is 2.61. The first-order valence-corrected chi connectivity index (χ1v) is 10.2. The van der Waals surface area contributed by atoms with E-state index in [4.69, 9.17) is 11.6 Å². The summed E-state index contributed by atoms with van der Waals surface area (Å²) >= 11 is 6.04. The largest absolute Gasteiger partial charge is 0.433 e. The Bertz CT molecular complexity index is 923. The molecule has 1 N–H and O–H groups in total. The minimum absolute atomic E-state index is 0.0327. The fraction of sp³-hybridized carbons (Fsp3) is 0.550. The van der Waals surface area contributed by atoms with Crippen LogP contribution in [0.4, 0.5) is 14.5 Å². The fourth-order valence-electron chi connectivity index (χ4n) is 6.23. The zero-order valence-corrected chi connectivity index (χ0v) is 16.4. The third kappa shape index (κ3) is 3.17. The Morgan fingerprint density at radius 1 is 1.28 bits per heavy atom. The van der Waals surface area contributed by atoms with Gasteiger partial charge in [0, 0.05) is 5.69 Å². The van der Waals surface area contributed by atoms with Crippen molar-refractivity contribution in [2.24, 2.45) is 17.3 Å². The smallest absolute Gasteiger partial charge is 0.387 e. The molecule has 1 amide bonds. The molecule has 4 aliphatic rings. The number of nitrogens with one attached hydrogen (secondary N) is 1. The fourth-order valence-corrected chi connectivity index (χ4v) is 6.46. The number of carbonyl (C=O) groups excluding carboxylic acids is 1. The first-order chi connectivity index (χ1) is 13.9. The number of benzene rings is 1. The summed E-state index contributed by atoms with van der Waals surface area (Å²) in [5.74, 6) is 0.850. The summed E-state index contributed by atoms with van der Waals surface area (Å²) < 4.78 is 31.2. The molecule has 1 aromatic carbocycles. The summed E-state index contributed by atoms with van der Waals surface area (Å²) in [6.45, 7) is -2.95. The number of aromatic nitrogens is 3. The maximum atomic E-state index is 13.4. The highest BCUT2D eigenvalue weighted by molar-refractivity contribution is 6.32. The van der Waals surface area contributed by atoms with Crippen LogP contribution in [0.3, 0.4) is 0 Å². The van der Waals surface area contributed by atoms with Crippen LogP contribution in [0.5, 0.6) is 5.75 Å². The minimum Gasteiger partial charge on any atom is -0.433 e. The van der Waals surface area contributed by atoms with E-state index in [-0.39, 0.29) is 22.2 Å². The molecule has 4 aliphatic carbocycles. The van der Waals surface area contributed by atoms with Crippen LogP contribution < -0.4 is 10.1 Å². The van der Waals surface area contributed by atoms with E-state index in [0.29, 0.717) is 17.5 Å². The molecular weight excluding hydrogens is 402 g/mol. The highest BCUT2D eigenvalue weighted by Crippen LogP contribution is 2.64. The van der Waals surface area contributed by atoms with E-state index in [9.17, 15) is 13.6 Å². The van der Waals surface area contributed by atoms with Crippen LogP contribution in [0, 0.1) is 17.3 Å². The van der Waals surface area contributed by atoms with Gasteiger partial charge in [-0.2, -0.15) is 13.9 Å². The van der Waals surface area contributed by atoms with E-state index >= 15 is 0 Å². The van der Waals surface area contributed by atoms with E-state index in [1.54, 1.807) is 12.7 Å². The van der Waals surface area contributed by atoms with E-state index < -0.39 is 12.0 Å². The van der Waals surface area contributed by atoms with Gasteiger partial charge in [-0.15, -0.1) is 0 Å². The minimum atomic E-state index is -2.95. The standard InChI is InChI=1S/C20H21ClF2N4O2/c21-15-4-14(1-2-16(15)29-18(22)23)26-17(28)19-5-12-3-13(6-19)8-20(7-12,9-19)27-11-24-10-25-27/h1-2,4,10-13,18H,3,5-9H2,(H,26,28)/t12-,13+,19?,20?. The summed E-state index contributed by atoms with van der Waals surface area (Å²) in [5.41, 5.74) is -0.127. The molecule has 2 unspecified atom stereocenters. The molecule has 29 heavy (non-hydrogen) atoms. The molecule has 154 valence electrons. The van der Waals surface area contributed by atoms with Crippen molar-refractivity contribution in [3.63, 3.8) is 0 Å². The van der Waals surface area contributed by atoms with Crippen molar-refractivity contribution < 1.29 is 18.3 Å². The van der Waals surface area contributed by atoms with Crippen LogP contribution in [-0.4, -0.2) is 27.3 Å². The van der Waals surface area contributed by atoms with Crippen molar-refractivity contribution in [3.05, 3.63) is 35.9 Å². The number of hydrogen-bond acceptors (Lipinski definition) is 4. The van der Waals surface area contributed by atoms with Gasteiger partial charge in [-0.05, 0) is 68.6 Å². The van der Waals surface area contributed by atoms with Crippen molar-refractivity contribution >= 4 is 23.2 Å². The van der Waals surface area contributed by atoms with E-state index in [0.717, 1.165) is 38.5 Å². The number of hydrogen-bond donors (Lipinski definition) is 1. The predicted molar refractivity (Wildman–Crippen MR) is 102 cm³/mol. The Morgan fingerprint density at radius 3 is 2.66 bits per heavy atom. The van der Waals surface area contributed by atoms with Gasteiger partial charge < -0.3 is 10.1 Å². The second kappa shape index (κ2) is 6.65. The maximum Gasteiger partial charge on any atom is 0.387 e. The van der Waals surface area contributed by atoms with Crippen molar-refractivity contribution in [1.29, 1.82) is 0 Å². The molecule has 2 aromatic rings. The van der Waals surface area contributed by atoms with Gasteiger partial charge in [0.25, 0.3) is 0 Å². The molecule has 9 heteroatoms. The number of anilines is 1. The van der Waals surface area contributed by atoms with Gasteiger partial charge >= 0.3 is 6.61 Å². The molecule has 0 spiro atoms. The molecule has 6 nitrogen and oxygen atoms in total. The molecule has 0 saturated heterocycles. The average Bonchev–Trinajstić information content (AvgIpc) is 3.18. The van der Waals surface area contributed by atoms with Gasteiger partial charge in [-0.3, -0.25) is 4.79 Å². The lowest BCUT2D eigenvalue weighted by Crippen LogP contribution is -2.60. The van der Waals surface area contributed by atoms with Crippen molar-refractivity contribution in [2.45, 2.75) is 50.7 Å². The number of ether oxygens (including phenoxy) is 1. The lowest BCUT2D eigenvalue weighted by molar-refractivity contribution is -0.150. The molecule has 4 atom stereocenters. The number of nitrogens with zero attached hydrogens (tertiary/aromatic N) is 3. The number of halogens is 3. The first-order valence-electron chi connectivity index (χ1n) is 9.78. The second-order valence-electron chi connectivity index (χ2n) is 8.78. The zero-order chi connectivity index (χ0) is 20.2. The van der Waals surface area contributed by atoms with E-state index in [1.807, 2.05) is 4.68 Å². The Labute approximate surface area is 171 Å². The lowest BCUT2D eigenvalue weighted by Gasteiger charge is -2.60. The van der Waals surface area contributed by atoms with Crippen LogP contribution in [0.1, 0.15) is 38.5 Å². The van der Waals surface area contributed by atoms with Gasteiger partial charge in [-0.1, -0.05) is 11.6 Å². The Kier molecular flexibility index (Phi) is 4.31. The van der Waals surface area contributed by atoms with Crippen molar-refractivity contribution in [3.8, 4) is 5.75 Å². The molecule has 4 fully saturated rings. The van der Waals surface area contributed by atoms with Crippen LogP contribution in [0.2, 0.25) is 5.02 Å². The summed E-state index contributed by atoms with van der Waals surface area (Å²) in [6.07, 6.45) is 9.02. The third-order valence-electron chi connectivity index (χ3n) is 6.82. The number of amides is 1. The molecule has 0 radical (unpaired) electrons. The number of rotatable bonds is 5. The summed E-state index contributed by atoms with van der Waals surface area (Å²) in [4.78, 5) is 17.5. The van der Waals surface area contributed by atoms with Crippen molar-refractivity contribution in [2.75, 3.05) is 5.32 Å². The second-order valence-corrected chi connectivity index (χ2v) is 9.19. The van der Waals surface area contributed by atoms with Crippen molar-refractivity contribution in [1.82, 2.24) is 14.8 Å². The quantitative estimate of drug-likeness (QED) is 0.772. The van der Waals surface area contributed by atoms with E-state index in [2.05, 4.69) is 20.1 Å². The third-order valence-corrected chi connectivity index (χ3v) is 7.12. The number of carbonyl (C=O) groups is 1. The summed E-state index contributed by atoms with van der Waals surface area (Å²) in [5, 5.41) is 7.41. The summed E-state index contributed by atoms with van der Waals surface area (Å²) in [7, 11) is 0. The SMILES string of the molecule is O=C(Nc1ccc(OC(F)F)c(Cl)c1)C12C[C@H]3C[C@@H](C1)CC(n1cncn1)(C3)C2. The monoisotopic (exact) mass is 422 g/mol. The van der Waals surface area contributed by atoms with E-state index in [1.165, 1.54) is 18.2 Å². The molecule has 1 aromatic heterocycles. The molecule has 4 saturated carbocycles. The first kappa shape index (κ1) is 18.8. The van der Waals surface area contributed by atoms with Gasteiger partial charge in [0.2, 0.25) is 5.91 Å². The Balaban J connectivity index is 1.39. The number of alkyl halides is 2. The molecule has 6 rings (SSSR count). The topological polar surface area (TPSA) is 69.0 Å². The Hall–Kier alpha value is -2.22. The highest BCUT2D eigenvalue weighted by atomic mass is 35.5. The zero-order valence-electron chi connectivity index (χ0n) is 15.7.